The van der Waals surface area contributed by atoms with Crippen LogP contribution in [0.5, 0.6) is 0 Å². The fraction of sp³-hybridized carbons (Fsp3) is 0.444. The number of rotatable bonds is 2. The van der Waals surface area contributed by atoms with E-state index in [0.717, 1.165) is 18.5 Å². The highest BCUT2D eigenvalue weighted by atomic mass is 16.6. The molecule has 0 unspecified atom stereocenters. The summed E-state index contributed by atoms with van der Waals surface area (Å²) in [4.78, 5) is 14.0. The normalized spacial score (nSPS) is 17.8. The Morgan fingerprint density at radius 3 is 2.64 bits per heavy atom. The molecular weight excluding hydrogens is 182 g/mol. The Morgan fingerprint density at radius 1 is 1.57 bits per heavy atom. The minimum Gasteiger partial charge on any atom is -0.378 e. The molecule has 5 nitrogen and oxygen atoms in total. The molecule has 5 heteroatoms. The van der Waals surface area contributed by atoms with E-state index >= 15 is 0 Å². The zero-order valence-electron chi connectivity index (χ0n) is 7.86. The van der Waals surface area contributed by atoms with Gasteiger partial charge in [0.2, 0.25) is 5.82 Å². The molecular formula is C9H11N3O2. The van der Waals surface area contributed by atoms with Crippen LogP contribution >= 0.6 is 0 Å². The Balaban J connectivity index is 2.40. The van der Waals surface area contributed by atoms with Gasteiger partial charge in [-0.05, 0) is 18.9 Å². The first-order valence-corrected chi connectivity index (χ1v) is 4.44. The average Bonchev–Trinajstić information content (AvgIpc) is 2.84. The van der Waals surface area contributed by atoms with E-state index in [-0.39, 0.29) is 16.9 Å². The van der Waals surface area contributed by atoms with E-state index < -0.39 is 4.92 Å². The summed E-state index contributed by atoms with van der Waals surface area (Å²) in [5, 5.41) is 10.5. The first-order chi connectivity index (χ1) is 6.53. The first-order valence-electron chi connectivity index (χ1n) is 4.44. The molecule has 0 spiro atoms. The van der Waals surface area contributed by atoms with Crippen LogP contribution in [-0.4, -0.2) is 9.91 Å². The molecule has 14 heavy (non-hydrogen) atoms. The van der Waals surface area contributed by atoms with Gasteiger partial charge in [0.25, 0.3) is 0 Å². The van der Waals surface area contributed by atoms with Gasteiger partial charge in [-0.2, -0.15) is 0 Å². The highest BCUT2D eigenvalue weighted by Crippen LogP contribution is 2.47. The molecule has 1 aliphatic carbocycles. The SMILES string of the molecule is CC1(c2ccc([N+](=O)[O-])c(N)n2)CC1. The van der Waals surface area contributed by atoms with Crippen molar-refractivity contribution in [2.75, 3.05) is 5.73 Å². The second-order valence-corrected chi connectivity index (χ2v) is 3.92. The molecule has 1 aromatic rings. The molecule has 0 saturated heterocycles. The van der Waals surface area contributed by atoms with Gasteiger partial charge in [-0.25, -0.2) is 4.98 Å². The number of anilines is 1. The Bertz CT molecular complexity index is 399. The van der Waals surface area contributed by atoms with E-state index in [0.29, 0.717) is 0 Å². The maximum absolute atomic E-state index is 10.5. The standard InChI is InChI=1S/C9H11N3O2/c1-9(4-5-9)7-3-2-6(12(13)14)8(10)11-7/h2-3H,4-5H2,1H3,(H2,10,11). The number of nitrogens with two attached hydrogens (primary N) is 1. The lowest BCUT2D eigenvalue weighted by atomic mass is 10.0. The molecule has 0 aliphatic heterocycles. The molecule has 0 atom stereocenters. The van der Waals surface area contributed by atoms with Crippen molar-refractivity contribution in [3.05, 3.63) is 27.9 Å². The van der Waals surface area contributed by atoms with Crippen LogP contribution < -0.4 is 5.73 Å². The molecule has 0 radical (unpaired) electrons. The van der Waals surface area contributed by atoms with Crippen molar-refractivity contribution in [2.45, 2.75) is 25.2 Å². The topological polar surface area (TPSA) is 82.0 Å². The first kappa shape index (κ1) is 8.93. The quantitative estimate of drug-likeness (QED) is 0.571. The maximum Gasteiger partial charge on any atom is 0.311 e. The van der Waals surface area contributed by atoms with Crippen LogP contribution in [0.4, 0.5) is 11.5 Å². The van der Waals surface area contributed by atoms with Gasteiger partial charge in [-0.3, -0.25) is 10.1 Å². The number of aromatic nitrogens is 1. The van der Waals surface area contributed by atoms with Crippen LogP contribution in [0.2, 0.25) is 0 Å². The Kier molecular flexibility index (Phi) is 1.70. The minimum absolute atomic E-state index is 0.0145. The molecule has 1 saturated carbocycles. The predicted octanol–water partition coefficient (Wildman–Crippen LogP) is 1.62. The number of nitrogen functional groups attached to an aromatic ring is 1. The molecule has 2 N–H and O–H groups in total. The third-order valence-electron chi connectivity index (χ3n) is 2.72. The lowest BCUT2D eigenvalue weighted by molar-refractivity contribution is -0.384. The fourth-order valence-electron chi connectivity index (χ4n) is 1.40. The predicted molar refractivity (Wildman–Crippen MR) is 51.9 cm³/mol. The summed E-state index contributed by atoms with van der Waals surface area (Å²) in [6.45, 7) is 2.08. The molecule has 1 fully saturated rings. The summed E-state index contributed by atoms with van der Waals surface area (Å²) in [5.74, 6) is 0.0145. The van der Waals surface area contributed by atoms with Gasteiger partial charge in [0.15, 0.2) is 0 Å². The number of nitrogens with zero attached hydrogens (tertiary/aromatic N) is 2. The summed E-state index contributed by atoms with van der Waals surface area (Å²) < 4.78 is 0. The van der Waals surface area contributed by atoms with Crippen molar-refractivity contribution in [1.82, 2.24) is 4.98 Å². The van der Waals surface area contributed by atoms with E-state index in [2.05, 4.69) is 11.9 Å². The lowest BCUT2D eigenvalue weighted by Crippen LogP contribution is -2.07. The average molecular weight is 193 g/mol. The van der Waals surface area contributed by atoms with Crippen molar-refractivity contribution in [1.29, 1.82) is 0 Å². The van der Waals surface area contributed by atoms with Crippen molar-refractivity contribution < 1.29 is 4.92 Å². The third kappa shape index (κ3) is 1.30. The van der Waals surface area contributed by atoms with Crippen LogP contribution in [0.15, 0.2) is 12.1 Å². The van der Waals surface area contributed by atoms with Crippen molar-refractivity contribution in [3.8, 4) is 0 Å². The van der Waals surface area contributed by atoms with Crippen molar-refractivity contribution >= 4 is 11.5 Å². The molecule has 0 amide bonds. The molecule has 2 rings (SSSR count). The van der Waals surface area contributed by atoms with Gasteiger partial charge < -0.3 is 5.73 Å². The van der Waals surface area contributed by atoms with E-state index in [1.807, 2.05) is 0 Å². The fourth-order valence-corrected chi connectivity index (χ4v) is 1.40. The van der Waals surface area contributed by atoms with Crippen LogP contribution in [0, 0.1) is 10.1 Å². The minimum atomic E-state index is -0.513. The summed E-state index contributed by atoms with van der Waals surface area (Å²) in [6.07, 6.45) is 2.16. The Labute approximate surface area is 81.1 Å². The molecule has 1 heterocycles. The molecule has 1 aromatic heterocycles. The largest absolute Gasteiger partial charge is 0.378 e. The highest BCUT2D eigenvalue weighted by Gasteiger charge is 2.41. The van der Waals surface area contributed by atoms with Gasteiger partial charge in [-0.1, -0.05) is 6.92 Å². The zero-order valence-corrected chi connectivity index (χ0v) is 7.86. The summed E-state index contributed by atoms with van der Waals surface area (Å²) in [5.41, 5.74) is 6.34. The molecule has 0 bridgehead atoms. The van der Waals surface area contributed by atoms with Crippen LogP contribution in [0.25, 0.3) is 0 Å². The number of pyridine rings is 1. The lowest BCUT2D eigenvalue weighted by Gasteiger charge is -2.07. The number of hydrogen-bond donors (Lipinski definition) is 1. The van der Waals surface area contributed by atoms with Gasteiger partial charge in [0.05, 0.1) is 4.92 Å². The smallest absolute Gasteiger partial charge is 0.311 e. The van der Waals surface area contributed by atoms with E-state index in [4.69, 9.17) is 5.73 Å². The van der Waals surface area contributed by atoms with Crippen molar-refractivity contribution in [2.24, 2.45) is 0 Å². The highest BCUT2D eigenvalue weighted by molar-refractivity contribution is 5.53. The van der Waals surface area contributed by atoms with E-state index in [1.165, 1.54) is 6.07 Å². The van der Waals surface area contributed by atoms with Crippen molar-refractivity contribution in [3.63, 3.8) is 0 Å². The van der Waals surface area contributed by atoms with Crippen LogP contribution in [-0.2, 0) is 5.41 Å². The summed E-state index contributed by atoms with van der Waals surface area (Å²) >= 11 is 0. The second-order valence-electron chi connectivity index (χ2n) is 3.92. The number of hydrogen-bond acceptors (Lipinski definition) is 4. The van der Waals surface area contributed by atoms with Gasteiger partial charge >= 0.3 is 5.69 Å². The summed E-state index contributed by atoms with van der Waals surface area (Å²) in [6, 6.07) is 3.13. The number of nitro groups is 1. The van der Waals surface area contributed by atoms with Gasteiger partial charge in [-0.15, -0.1) is 0 Å². The maximum atomic E-state index is 10.5. The van der Waals surface area contributed by atoms with E-state index in [9.17, 15) is 10.1 Å². The molecule has 1 aliphatic rings. The van der Waals surface area contributed by atoms with E-state index in [1.54, 1.807) is 6.07 Å². The third-order valence-corrected chi connectivity index (χ3v) is 2.72. The monoisotopic (exact) mass is 193 g/mol. The van der Waals surface area contributed by atoms with Crippen LogP contribution in [0.1, 0.15) is 25.5 Å². The summed E-state index contributed by atoms with van der Waals surface area (Å²) in [7, 11) is 0. The second kappa shape index (κ2) is 2.67. The van der Waals surface area contributed by atoms with Gasteiger partial charge in [0, 0.05) is 17.2 Å². The Hall–Kier alpha value is -1.65. The Morgan fingerprint density at radius 2 is 2.21 bits per heavy atom. The molecule has 74 valence electrons. The zero-order chi connectivity index (χ0) is 10.3. The van der Waals surface area contributed by atoms with Gasteiger partial charge in [0.1, 0.15) is 0 Å². The van der Waals surface area contributed by atoms with Crippen LogP contribution in [0.3, 0.4) is 0 Å². The molecule has 0 aromatic carbocycles.